The third-order valence-corrected chi connectivity index (χ3v) is 4.23. The average Bonchev–Trinajstić information content (AvgIpc) is 2.47. The Bertz CT molecular complexity index is 255. The zero-order chi connectivity index (χ0) is 14.6. The number of hydrogen-bond donors (Lipinski definition) is 0. The number of unbranched alkanes of at least 4 members (excludes halogenated alkanes) is 5. The first-order valence-electron chi connectivity index (χ1n) is 8.73. The van der Waals surface area contributed by atoms with Crippen molar-refractivity contribution in [2.45, 2.75) is 90.5 Å². The summed E-state index contributed by atoms with van der Waals surface area (Å²) in [6, 6.07) is 0.429. The molecule has 0 aromatic carbocycles. The van der Waals surface area contributed by atoms with Gasteiger partial charge in [0.25, 0.3) is 0 Å². The smallest absolute Gasteiger partial charge is 0.410 e. The van der Waals surface area contributed by atoms with E-state index in [9.17, 15) is 4.79 Å². The highest BCUT2D eigenvalue weighted by molar-refractivity contribution is 5.68. The lowest BCUT2D eigenvalue weighted by molar-refractivity contribution is 0.0691. The van der Waals surface area contributed by atoms with Crippen LogP contribution in [0.3, 0.4) is 0 Å². The largest absolute Gasteiger partial charge is 0.449 e. The molecule has 0 unspecified atom stereocenters. The van der Waals surface area contributed by atoms with Crippen molar-refractivity contribution in [2.75, 3.05) is 13.2 Å². The van der Waals surface area contributed by atoms with Gasteiger partial charge in [-0.2, -0.15) is 0 Å². The number of piperidine rings is 1. The van der Waals surface area contributed by atoms with Crippen LogP contribution in [-0.4, -0.2) is 30.2 Å². The summed E-state index contributed by atoms with van der Waals surface area (Å²) >= 11 is 0. The minimum Gasteiger partial charge on any atom is -0.449 e. The third-order valence-electron chi connectivity index (χ3n) is 4.23. The molecule has 1 atom stereocenters. The van der Waals surface area contributed by atoms with Crippen molar-refractivity contribution in [1.29, 1.82) is 0 Å². The molecule has 3 heteroatoms. The van der Waals surface area contributed by atoms with E-state index in [0.717, 1.165) is 32.2 Å². The normalized spacial score (nSPS) is 19.1. The van der Waals surface area contributed by atoms with Gasteiger partial charge in [-0.25, -0.2) is 4.79 Å². The summed E-state index contributed by atoms with van der Waals surface area (Å²) in [5.74, 6) is 0. The SMILES string of the molecule is CCCCCCOC(=O)N1CCCC[C@H]1CCCCC. The van der Waals surface area contributed by atoms with Crippen molar-refractivity contribution in [3.63, 3.8) is 0 Å². The van der Waals surface area contributed by atoms with Crippen LogP contribution in [0.4, 0.5) is 4.79 Å². The Balaban J connectivity index is 2.26. The first-order chi connectivity index (χ1) is 9.79. The van der Waals surface area contributed by atoms with E-state index in [4.69, 9.17) is 4.74 Å². The number of amides is 1. The van der Waals surface area contributed by atoms with Gasteiger partial charge in [-0.3, -0.25) is 0 Å². The predicted octanol–water partition coefficient (Wildman–Crippen LogP) is 5.14. The lowest BCUT2D eigenvalue weighted by Crippen LogP contribution is -2.44. The third kappa shape index (κ3) is 6.62. The lowest BCUT2D eigenvalue weighted by atomic mass is 9.97. The highest BCUT2D eigenvalue weighted by atomic mass is 16.6. The molecule has 118 valence electrons. The Morgan fingerprint density at radius 1 is 1.05 bits per heavy atom. The fourth-order valence-corrected chi connectivity index (χ4v) is 2.94. The van der Waals surface area contributed by atoms with Crippen LogP contribution in [0.15, 0.2) is 0 Å². The standard InChI is InChI=1S/C17H33NO2/c1-3-5-7-11-15-20-17(19)18-14-10-9-13-16(18)12-8-6-4-2/h16H,3-15H2,1-2H3/t16-/m1/s1. The molecule has 0 radical (unpaired) electrons. The number of nitrogens with zero attached hydrogens (tertiary/aromatic N) is 1. The van der Waals surface area contributed by atoms with Crippen LogP contribution in [0.2, 0.25) is 0 Å². The van der Waals surface area contributed by atoms with Crippen LogP contribution in [0.25, 0.3) is 0 Å². The van der Waals surface area contributed by atoms with Gasteiger partial charge in [0.05, 0.1) is 6.61 Å². The van der Waals surface area contributed by atoms with Crippen molar-refractivity contribution >= 4 is 6.09 Å². The molecule has 1 heterocycles. The molecule has 0 aliphatic carbocycles. The molecule has 0 N–H and O–H groups in total. The Hall–Kier alpha value is -0.730. The van der Waals surface area contributed by atoms with Crippen molar-refractivity contribution in [3.05, 3.63) is 0 Å². The second-order valence-corrected chi connectivity index (χ2v) is 6.01. The van der Waals surface area contributed by atoms with Gasteiger partial charge < -0.3 is 9.64 Å². The van der Waals surface area contributed by atoms with Crippen molar-refractivity contribution in [1.82, 2.24) is 4.90 Å². The van der Waals surface area contributed by atoms with Crippen LogP contribution in [0.1, 0.15) is 84.5 Å². The van der Waals surface area contributed by atoms with Gasteiger partial charge in [-0.1, -0.05) is 52.4 Å². The molecule has 3 nitrogen and oxygen atoms in total. The van der Waals surface area contributed by atoms with Gasteiger partial charge in [-0.15, -0.1) is 0 Å². The molecule has 1 amide bonds. The van der Waals surface area contributed by atoms with E-state index in [1.807, 2.05) is 4.90 Å². The van der Waals surface area contributed by atoms with Crippen molar-refractivity contribution < 1.29 is 9.53 Å². The number of carbonyl (C=O) groups is 1. The zero-order valence-corrected chi connectivity index (χ0v) is 13.5. The maximum atomic E-state index is 12.2. The molecule has 0 saturated carbocycles. The number of hydrogen-bond acceptors (Lipinski definition) is 2. The van der Waals surface area contributed by atoms with Crippen molar-refractivity contribution in [3.8, 4) is 0 Å². The van der Waals surface area contributed by atoms with Gasteiger partial charge in [-0.05, 0) is 32.1 Å². The van der Waals surface area contributed by atoms with Gasteiger partial charge in [0.2, 0.25) is 0 Å². The number of rotatable bonds is 9. The Morgan fingerprint density at radius 2 is 1.80 bits per heavy atom. The fourth-order valence-electron chi connectivity index (χ4n) is 2.94. The van der Waals surface area contributed by atoms with Crippen LogP contribution < -0.4 is 0 Å². The molecule has 1 rings (SSSR count). The maximum absolute atomic E-state index is 12.2. The molecular weight excluding hydrogens is 250 g/mol. The molecular formula is C17H33NO2. The summed E-state index contributed by atoms with van der Waals surface area (Å²) in [6.07, 6.45) is 13.0. The van der Waals surface area contributed by atoms with Gasteiger partial charge in [0.1, 0.15) is 0 Å². The number of likely N-dealkylation sites (tertiary alicyclic amines) is 1. The van der Waals surface area contributed by atoms with E-state index in [1.165, 1.54) is 44.9 Å². The van der Waals surface area contributed by atoms with Crippen molar-refractivity contribution in [2.24, 2.45) is 0 Å². The molecule has 0 aromatic rings. The molecule has 0 bridgehead atoms. The monoisotopic (exact) mass is 283 g/mol. The van der Waals surface area contributed by atoms with Gasteiger partial charge in [0, 0.05) is 12.6 Å². The quantitative estimate of drug-likeness (QED) is 0.548. The van der Waals surface area contributed by atoms with Gasteiger partial charge >= 0.3 is 6.09 Å². The van der Waals surface area contributed by atoms with Crippen LogP contribution in [-0.2, 0) is 4.74 Å². The van der Waals surface area contributed by atoms with E-state index in [1.54, 1.807) is 0 Å². The van der Waals surface area contributed by atoms with Gasteiger partial charge in [0.15, 0.2) is 0 Å². The molecule has 1 aliphatic heterocycles. The van der Waals surface area contributed by atoms with Crippen LogP contribution in [0.5, 0.6) is 0 Å². The fraction of sp³-hybridized carbons (Fsp3) is 0.941. The van der Waals surface area contributed by atoms with E-state index in [0.29, 0.717) is 12.6 Å². The molecule has 1 saturated heterocycles. The predicted molar refractivity (Wildman–Crippen MR) is 84.0 cm³/mol. The van der Waals surface area contributed by atoms with E-state index < -0.39 is 0 Å². The van der Waals surface area contributed by atoms with E-state index in [2.05, 4.69) is 13.8 Å². The summed E-state index contributed by atoms with van der Waals surface area (Å²) in [7, 11) is 0. The molecule has 0 aromatic heterocycles. The second kappa shape index (κ2) is 11.0. The first kappa shape index (κ1) is 17.3. The maximum Gasteiger partial charge on any atom is 0.410 e. The van der Waals surface area contributed by atoms with Crippen LogP contribution >= 0.6 is 0 Å². The number of carbonyl (C=O) groups excluding carboxylic acids is 1. The van der Waals surface area contributed by atoms with Crippen LogP contribution in [0, 0.1) is 0 Å². The molecule has 0 spiro atoms. The number of ether oxygens (including phenoxy) is 1. The Labute approximate surface area is 125 Å². The minimum atomic E-state index is -0.0669. The second-order valence-electron chi connectivity index (χ2n) is 6.01. The average molecular weight is 283 g/mol. The summed E-state index contributed by atoms with van der Waals surface area (Å²) in [6.45, 7) is 5.91. The Kier molecular flexibility index (Phi) is 9.52. The Morgan fingerprint density at radius 3 is 2.55 bits per heavy atom. The molecule has 20 heavy (non-hydrogen) atoms. The summed E-state index contributed by atoms with van der Waals surface area (Å²) in [5, 5.41) is 0. The summed E-state index contributed by atoms with van der Waals surface area (Å²) < 4.78 is 5.45. The lowest BCUT2D eigenvalue weighted by Gasteiger charge is -2.35. The topological polar surface area (TPSA) is 29.5 Å². The molecule has 1 aliphatic rings. The first-order valence-corrected chi connectivity index (χ1v) is 8.73. The highest BCUT2D eigenvalue weighted by Crippen LogP contribution is 2.22. The highest BCUT2D eigenvalue weighted by Gasteiger charge is 2.27. The van der Waals surface area contributed by atoms with E-state index >= 15 is 0 Å². The minimum absolute atomic E-state index is 0.0669. The summed E-state index contributed by atoms with van der Waals surface area (Å²) in [5.41, 5.74) is 0. The van der Waals surface area contributed by atoms with E-state index in [-0.39, 0.29) is 6.09 Å². The summed E-state index contributed by atoms with van der Waals surface area (Å²) in [4.78, 5) is 14.2. The zero-order valence-electron chi connectivity index (χ0n) is 13.5. The molecule has 1 fully saturated rings.